The molecule has 0 bridgehead atoms. The van der Waals surface area contributed by atoms with Gasteiger partial charge >= 0.3 is 0 Å². The number of carbonyl (C=O) groups is 1. The first kappa shape index (κ1) is 15.6. The van der Waals surface area contributed by atoms with Gasteiger partial charge < -0.3 is 10.1 Å². The molecule has 1 atom stereocenters. The standard InChI is InChI=1S/C21H20N2O2/c1-13-21-19(23-18-6-4-3-5-17(18)22-13)11-15(12-20(21)24)14-7-9-16(25-2)10-8-14/h3-10,15,22H,11-12H2,1-2H3/t15-/m0/s1. The van der Waals surface area contributed by atoms with Gasteiger partial charge in [-0.3, -0.25) is 9.79 Å². The van der Waals surface area contributed by atoms with Crippen molar-refractivity contribution in [2.75, 3.05) is 12.4 Å². The zero-order chi connectivity index (χ0) is 17.4. The Kier molecular flexibility index (Phi) is 3.88. The second kappa shape index (κ2) is 6.20. The van der Waals surface area contributed by atoms with Crippen LogP contribution < -0.4 is 10.1 Å². The van der Waals surface area contributed by atoms with Crippen LogP contribution in [0.4, 0.5) is 11.4 Å². The third kappa shape index (κ3) is 2.84. The zero-order valence-corrected chi connectivity index (χ0v) is 14.4. The highest BCUT2D eigenvalue weighted by Crippen LogP contribution is 2.38. The van der Waals surface area contributed by atoms with E-state index in [1.807, 2.05) is 55.5 Å². The molecule has 4 heteroatoms. The number of benzene rings is 2. The van der Waals surface area contributed by atoms with Crippen LogP contribution in [0.15, 0.2) is 64.8 Å². The largest absolute Gasteiger partial charge is 0.497 e. The maximum atomic E-state index is 12.8. The van der Waals surface area contributed by atoms with Crippen molar-refractivity contribution in [3.63, 3.8) is 0 Å². The summed E-state index contributed by atoms with van der Waals surface area (Å²) in [7, 11) is 1.66. The number of Topliss-reactive ketones (excluding diaryl/α,β-unsaturated/α-hetero) is 1. The molecule has 4 rings (SSSR count). The number of nitrogens with zero attached hydrogens (tertiary/aromatic N) is 1. The third-order valence-corrected chi connectivity index (χ3v) is 4.88. The first-order valence-corrected chi connectivity index (χ1v) is 8.47. The molecule has 1 aliphatic heterocycles. The minimum absolute atomic E-state index is 0.152. The maximum absolute atomic E-state index is 12.8. The summed E-state index contributed by atoms with van der Waals surface area (Å²) in [5, 5.41) is 3.35. The molecule has 2 aromatic carbocycles. The highest BCUT2D eigenvalue weighted by Gasteiger charge is 2.32. The van der Waals surface area contributed by atoms with E-state index in [2.05, 4.69) is 5.32 Å². The van der Waals surface area contributed by atoms with Crippen molar-refractivity contribution >= 4 is 22.9 Å². The van der Waals surface area contributed by atoms with Crippen LogP contribution >= 0.6 is 0 Å². The molecule has 1 aliphatic carbocycles. The first-order chi connectivity index (χ1) is 12.2. The van der Waals surface area contributed by atoms with Gasteiger partial charge in [-0.2, -0.15) is 0 Å². The Labute approximate surface area is 147 Å². The van der Waals surface area contributed by atoms with Crippen molar-refractivity contribution in [3.8, 4) is 5.75 Å². The number of fused-ring (bicyclic) bond motifs is 2. The van der Waals surface area contributed by atoms with E-state index in [0.29, 0.717) is 6.42 Å². The molecule has 1 fully saturated rings. The average Bonchev–Trinajstić information content (AvgIpc) is 2.77. The van der Waals surface area contributed by atoms with Gasteiger partial charge in [-0.15, -0.1) is 0 Å². The summed E-state index contributed by atoms with van der Waals surface area (Å²) in [6.07, 6.45) is 1.27. The van der Waals surface area contributed by atoms with E-state index >= 15 is 0 Å². The molecule has 1 N–H and O–H groups in total. The highest BCUT2D eigenvalue weighted by molar-refractivity contribution is 6.26. The fourth-order valence-corrected chi connectivity index (χ4v) is 3.62. The molecule has 0 saturated heterocycles. The Balaban J connectivity index is 1.73. The number of rotatable bonds is 2. The number of ketones is 1. The van der Waals surface area contributed by atoms with Crippen molar-refractivity contribution in [2.45, 2.75) is 25.7 Å². The number of nitrogens with one attached hydrogen (secondary N) is 1. The van der Waals surface area contributed by atoms with Crippen molar-refractivity contribution in [1.29, 1.82) is 0 Å². The average molecular weight is 332 g/mol. The first-order valence-electron chi connectivity index (χ1n) is 8.47. The minimum Gasteiger partial charge on any atom is -0.497 e. The monoisotopic (exact) mass is 332 g/mol. The van der Waals surface area contributed by atoms with Crippen LogP contribution in [0.1, 0.15) is 31.2 Å². The van der Waals surface area contributed by atoms with Crippen LogP contribution in [0.3, 0.4) is 0 Å². The van der Waals surface area contributed by atoms with Gasteiger partial charge in [-0.05, 0) is 49.1 Å². The molecule has 0 radical (unpaired) electrons. The van der Waals surface area contributed by atoms with E-state index in [4.69, 9.17) is 9.73 Å². The number of para-hydroxylation sites is 2. The number of carbonyl (C=O) groups excluding carboxylic acids is 1. The topological polar surface area (TPSA) is 50.7 Å². The van der Waals surface area contributed by atoms with Crippen molar-refractivity contribution in [1.82, 2.24) is 0 Å². The van der Waals surface area contributed by atoms with E-state index in [1.165, 1.54) is 0 Å². The maximum Gasteiger partial charge on any atom is 0.167 e. The smallest absolute Gasteiger partial charge is 0.167 e. The van der Waals surface area contributed by atoms with Crippen LogP contribution in [0.2, 0.25) is 0 Å². The molecule has 0 aromatic heterocycles. The number of ether oxygens (including phenoxy) is 1. The molecular formula is C21H20N2O2. The fourth-order valence-electron chi connectivity index (χ4n) is 3.62. The summed E-state index contributed by atoms with van der Waals surface area (Å²) < 4.78 is 5.23. The Morgan fingerprint density at radius 2 is 1.84 bits per heavy atom. The number of hydrogen-bond acceptors (Lipinski definition) is 4. The van der Waals surface area contributed by atoms with Crippen molar-refractivity contribution < 1.29 is 9.53 Å². The third-order valence-electron chi connectivity index (χ3n) is 4.88. The fraction of sp³-hybridized carbons (Fsp3) is 0.238. The summed E-state index contributed by atoms with van der Waals surface area (Å²) in [6.45, 7) is 1.96. The summed E-state index contributed by atoms with van der Waals surface area (Å²) in [6, 6.07) is 15.9. The number of anilines is 1. The Morgan fingerprint density at radius 3 is 2.60 bits per heavy atom. The Morgan fingerprint density at radius 1 is 1.08 bits per heavy atom. The molecular weight excluding hydrogens is 312 g/mol. The summed E-state index contributed by atoms with van der Waals surface area (Å²) in [5.74, 6) is 1.13. The number of methoxy groups -OCH3 is 1. The zero-order valence-electron chi connectivity index (χ0n) is 14.4. The lowest BCUT2D eigenvalue weighted by Crippen LogP contribution is -2.26. The molecule has 25 heavy (non-hydrogen) atoms. The highest BCUT2D eigenvalue weighted by atomic mass is 16.5. The molecule has 2 aromatic rings. The van der Waals surface area contributed by atoms with Crippen LogP contribution in [0.25, 0.3) is 0 Å². The molecule has 0 spiro atoms. The van der Waals surface area contributed by atoms with Crippen molar-refractivity contribution in [3.05, 3.63) is 65.4 Å². The molecule has 4 nitrogen and oxygen atoms in total. The van der Waals surface area contributed by atoms with Gasteiger partial charge in [0, 0.05) is 12.1 Å². The Bertz CT molecular complexity index is 894. The van der Waals surface area contributed by atoms with E-state index in [9.17, 15) is 4.79 Å². The van der Waals surface area contributed by atoms with Crippen molar-refractivity contribution in [2.24, 2.45) is 4.99 Å². The van der Waals surface area contributed by atoms with Gasteiger partial charge in [-0.1, -0.05) is 24.3 Å². The minimum atomic E-state index is 0.152. The molecule has 1 heterocycles. The van der Waals surface area contributed by atoms with E-state index < -0.39 is 0 Å². The molecule has 126 valence electrons. The van der Waals surface area contributed by atoms with Gasteiger partial charge in [0.15, 0.2) is 5.78 Å². The van der Waals surface area contributed by atoms with Crippen LogP contribution in [0.5, 0.6) is 5.75 Å². The van der Waals surface area contributed by atoms with Gasteiger partial charge in [0.25, 0.3) is 0 Å². The molecule has 2 aliphatic rings. The summed E-state index contributed by atoms with van der Waals surface area (Å²) in [5.41, 5.74) is 5.51. The lowest BCUT2D eigenvalue weighted by atomic mass is 9.79. The summed E-state index contributed by atoms with van der Waals surface area (Å²) >= 11 is 0. The second-order valence-electron chi connectivity index (χ2n) is 6.50. The molecule has 0 unspecified atom stereocenters. The normalized spacial score (nSPS) is 19.4. The molecule has 1 saturated carbocycles. The SMILES string of the molecule is COc1ccc([C@@H]2CC(=O)C3=C(C)Nc4ccccc4N=C3C2)cc1. The van der Waals surface area contributed by atoms with E-state index in [0.717, 1.165) is 46.1 Å². The van der Waals surface area contributed by atoms with Gasteiger partial charge in [0.05, 0.1) is 29.8 Å². The van der Waals surface area contributed by atoms with Crippen LogP contribution in [0, 0.1) is 0 Å². The quantitative estimate of drug-likeness (QED) is 0.873. The number of allylic oxidation sites excluding steroid dienone is 2. The van der Waals surface area contributed by atoms with E-state index in [-0.39, 0.29) is 11.7 Å². The second-order valence-corrected chi connectivity index (χ2v) is 6.50. The van der Waals surface area contributed by atoms with E-state index in [1.54, 1.807) is 7.11 Å². The number of aliphatic imine (C=N–C) groups is 1. The number of hydrogen-bond donors (Lipinski definition) is 1. The van der Waals surface area contributed by atoms with Gasteiger partial charge in [0.2, 0.25) is 0 Å². The lowest BCUT2D eigenvalue weighted by molar-refractivity contribution is -0.115. The predicted octanol–water partition coefficient (Wildman–Crippen LogP) is 4.61. The van der Waals surface area contributed by atoms with Gasteiger partial charge in [-0.25, -0.2) is 0 Å². The lowest BCUT2D eigenvalue weighted by Gasteiger charge is -2.25. The van der Waals surface area contributed by atoms with Gasteiger partial charge in [0.1, 0.15) is 5.75 Å². The van der Waals surface area contributed by atoms with Crippen LogP contribution in [-0.4, -0.2) is 18.6 Å². The predicted molar refractivity (Wildman–Crippen MR) is 99.8 cm³/mol. The summed E-state index contributed by atoms with van der Waals surface area (Å²) in [4.78, 5) is 17.7. The van der Waals surface area contributed by atoms with Crippen LogP contribution in [-0.2, 0) is 4.79 Å². The Hall–Kier alpha value is -2.88. The molecule has 0 amide bonds.